The lowest BCUT2D eigenvalue weighted by molar-refractivity contribution is -0.0222. The zero-order chi connectivity index (χ0) is 12.1. The largest absolute Gasteiger partial charge is 0.409 e. The fourth-order valence-electron chi connectivity index (χ4n) is 2.29. The van der Waals surface area contributed by atoms with Crippen molar-refractivity contribution < 1.29 is 9.94 Å². The third kappa shape index (κ3) is 3.37. The molecule has 4 unspecified atom stereocenters. The van der Waals surface area contributed by atoms with Gasteiger partial charge in [-0.1, -0.05) is 25.9 Å². The highest BCUT2D eigenvalue weighted by Crippen LogP contribution is 2.31. The molecule has 1 saturated carbocycles. The van der Waals surface area contributed by atoms with Gasteiger partial charge in [0.05, 0.1) is 6.10 Å². The molecule has 0 amide bonds. The summed E-state index contributed by atoms with van der Waals surface area (Å²) in [5.41, 5.74) is 5.58. The van der Waals surface area contributed by atoms with Gasteiger partial charge in [-0.05, 0) is 37.5 Å². The monoisotopic (exact) mass is 228 g/mol. The van der Waals surface area contributed by atoms with Gasteiger partial charge in [0.15, 0.2) is 5.84 Å². The van der Waals surface area contributed by atoms with Gasteiger partial charge in [0.1, 0.15) is 6.10 Å². The fourth-order valence-corrected chi connectivity index (χ4v) is 2.29. The number of hydrogen-bond donors (Lipinski definition) is 2. The molecule has 1 rings (SSSR count). The second kappa shape index (κ2) is 6.09. The predicted octanol–water partition coefficient (Wildman–Crippen LogP) is 2.35. The van der Waals surface area contributed by atoms with Gasteiger partial charge in [0, 0.05) is 0 Å². The first kappa shape index (κ1) is 13.3. The van der Waals surface area contributed by atoms with E-state index in [2.05, 4.69) is 19.0 Å². The second-order valence-corrected chi connectivity index (χ2v) is 4.95. The predicted molar refractivity (Wildman–Crippen MR) is 64.5 cm³/mol. The summed E-state index contributed by atoms with van der Waals surface area (Å²) in [6.07, 6.45) is 4.14. The Morgan fingerprint density at radius 3 is 2.62 bits per heavy atom. The minimum absolute atomic E-state index is 0.189. The van der Waals surface area contributed by atoms with E-state index in [1.54, 1.807) is 0 Å². The maximum absolute atomic E-state index is 8.64. The van der Waals surface area contributed by atoms with Crippen LogP contribution in [0.3, 0.4) is 0 Å². The molecule has 0 saturated heterocycles. The summed E-state index contributed by atoms with van der Waals surface area (Å²) >= 11 is 0. The summed E-state index contributed by atoms with van der Waals surface area (Å²) in [4.78, 5) is 0. The van der Waals surface area contributed by atoms with E-state index < -0.39 is 0 Å². The number of nitrogens with two attached hydrogens (primary N) is 1. The van der Waals surface area contributed by atoms with Crippen molar-refractivity contribution in [1.82, 2.24) is 0 Å². The quantitative estimate of drug-likeness (QED) is 0.336. The summed E-state index contributed by atoms with van der Waals surface area (Å²) in [5.74, 6) is 1.67. The molecule has 0 aliphatic heterocycles. The minimum atomic E-state index is -0.240. The number of rotatable bonds is 4. The van der Waals surface area contributed by atoms with E-state index in [0.717, 1.165) is 25.2 Å². The van der Waals surface area contributed by atoms with E-state index in [0.29, 0.717) is 5.92 Å². The van der Waals surface area contributed by atoms with Gasteiger partial charge in [0.2, 0.25) is 0 Å². The molecule has 4 nitrogen and oxygen atoms in total. The lowest BCUT2D eigenvalue weighted by atomic mass is 9.80. The maximum Gasteiger partial charge on any atom is 0.168 e. The van der Waals surface area contributed by atoms with Crippen molar-refractivity contribution >= 4 is 5.84 Å². The van der Waals surface area contributed by atoms with Gasteiger partial charge >= 0.3 is 0 Å². The molecular weight excluding hydrogens is 204 g/mol. The number of hydrogen-bond acceptors (Lipinski definition) is 3. The van der Waals surface area contributed by atoms with Gasteiger partial charge < -0.3 is 15.7 Å². The standard InChI is InChI=1S/C12H24N2O2/c1-4-11(12(13)14-15)16-10-6-5-8(2)9(3)7-10/h8-11,15H,4-7H2,1-3H3,(H2,13,14). The van der Waals surface area contributed by atoms with Gasteiger partial charge in [0.25, 0.3) is 0 Å². The Morgan fingerprint density at radius 1 is 1.44 bits per heavy atom. The van der Waals surface area contributed by atoms with Crippen LogP contribution in [0.25, 0.3) is 0 Å². The first-order valence-electron chi connectivity index (χ1n) is 6.21. The second-order valence-electron chi connectivity index (χ2n) is 4.95. The molecule has 0 bridgehead atoms. The fraction of sp³-hybridized carbons (Fsp3) is 0.917. The first-order chi connectivity index (χ1) is 7.58. The number of ether oxygens (including phenoxy) is 1. The Kier molecular flexibility index (Phi) is 5.06. The summed E-state index contributed by atoms with van der Waals surface area (Å²) in [7, 11) is 0. The molecule has 0 spiro atoms. The molecule has 4 heteroatoms. The van der Waals surface area contributed by atoms with E-state index >= 15 is 0 Å². The molecule has 4 atom stereocenters. The highest BCUT2D eigenvalue weighted by molar-refractivity contribution is 5.84. The molecule has 0 aromatic heterocycles. The van der Waals surface area contributed by atoms with Gasteiger partial charge in [-0.25, -0.2) is 0 Å². The van der Waals surface area contributed by atoms with Crippen molar-refractivity contribution in [3.8, 4) is 0 Å². The first-order valence-corrected chi connectivity index (χ1v) is 6.21. The van der Waals surface area contributed by atoms with Crippen molar-refractivity contribution in [2.24, 2.45) is 22.7 Å². The number of nitrogens with zero attached hydrogens (tertiary/aromatic N) is 1. The number of oxime groups is 1. The smallest absolute Gasteiger partial charge is 0.168 e. The minimum Gasteiger partial charge on any atom is -0.409 e. The maximum atomic E-state index is 8.64. The van der Waals surface area contributed by atoms with Crippen LogP contribution in [-0.2, 0) is 4.74 Å². The Bertz CT molecular complexity index is 243. The van der Waals surface area contributed by atoms with Crippen molar-refractivity contribution in [3.05, 3.63) is 0 Å². The molecule has 1 fully saturated rings. The number of amidine groups is 1. The van der Waals surface area contributed by atoms with Crippen molar-refractivity contribution in [3.63, 3.8) is 0 Å². The van der Waals surface area contributed by atoms with E-state index in [1.165, 1.54) is 6.42 Å². The molecule has 0 aromatic rings. The van der Waals surface area contributed by atoms with Crippen LogP contribution in [0.2, 0.25) is 0 Å². The van der Waals surface area contributed by atoms with Crippen molar-refractivity contribution in [2.45, 2.75) is 58.7 Å². The van der Waals surface area contributed by atoms with Gasteiger partial charge in [-0.3, -0.25) is 0 Å². The van der Waals surface area contributed by atoms with Crippen molar-refractivity contribution in [2.75, 3.05) is 0 Å². The molecule has 0 aromatic carbocycles. The molecule has 16 heavy (non-hydrogen) atoms. The molecular formula is C12H24N2O2. The molecule has 1 aliphatic rings. The zero-order valence-corrected chi connectivity index (χ0v) is 10.5. The third-order valence-corrected chi connectivity index (χ3v) is 3.72. The van der Waals surface area contributed by atoms with E-state index in [-0.39, 0.29) is 18.0 Å². The SMILES string of the molecule is CCC(OC1CCC(C)C(C)C1)C(N)=NO. The molecule has 0 radical (unpaired) electrons. The van der Waals surface area contributed by atoms with Crippen LogP contribution < -0.4 is 5.73 Å². The molecule has 1 aliphatic carbocycles. The highest BCUT2D eigenvalue weighted by Gasteiger charge is 2.27. The van der Waals surface area contributed by atoms with Crippen LogP contribution >= 0.6 is 0 Å². The summed E-state index contributed by atoms with van der Waals surface area (Å²) < 4.78 is 5.90. The van der Waals surface area contributed by atoms with E-state index in [1.807, 2.05) is 6.92 Å². The van der Waals surface area contributed by atoms with Gasteiger partial charge in [-0.2, -0.15) is 0 Å². The molecule has 94 valence electrons. The summed E-state index contributed by atoms with van der Waals surface area (Å²) in [6, 6.07) is 0. The lowest BCUT2D eigenvalue weighted by Crippen LogP contribution is -2.37. The Balaban J connectivity index is 2.47. The average Bonchev–Trinajstić information content (AvgIpc) is 2.29. The van der Waals surface area contributed by atoms with Crippen LogP contribution in [0.5, 0.6) is 0 Å². The highest BCUT2D eigenvalue weighted by atomic mass is 16.5. The van der Waals surface area contributed by atoms with Gasteiger partial charge in [-0.15, -0.1) is 0 Å². The van der Waals surface area contributed by atoms with E-state index in [9.17, 15) is 0 Å². The third-order valence-electron chi connectivity index (χ3n) is 3.72. The summed E-state index contributed by atoms with van der Waals surface area (Å²) in [5, 5.41) is 11.7. The van der Waals surface area contributed by atoms with Crippen LogP contribution in [0.4, 0.5) is 0 Å². The van der Waals surface area contributed by atoms with Crippen molar-refractivity contribution in [1.29, 1.82) is 0 Å². The van der Waals surface area contributed by atoms with Crippen LogP contribution in [0.15, 0.2) is 5.16 Å². The normalized spacial score (nSPS) is 33.7. The molecule has 3 N–H and O–H groups in total. The Labute approximate surface area is 97.8 Å². The van der Waals surface area contributed by atoms with Crippen LogP contribution in [0, 0.1) is 11.8 Å². The Morgan fingerprint density at radius 2 is 2.12 bits per heavy atom. The molecule has 0 heterocycles. The van der Waals surface area contributed by atoms with E-state index in [4.69, 9.17) is 15.7 Å². The van der Waals surface area contributed by atoms with Crippen LogP contribution in [0.1, 0.15) is 46.5 Å². The van der Waals surface area contributed by atoms with Crippen LogP contribution in [-0.4, -0.2) is 23.3 Å². The Hall–Kier alpha value is -0.770. The topological polar surface area (TPSA) is 67.8 Å². The summed E-state index contributed by atoms with van der Waals surface area (Å²) in [6.45, 7) is 6.55. The zero-order valence-electron chi connectivity index (χ0n) is 10.5. The lowest BCUT2D eigenvalue weighted by Gasteiger charge is -2.33. The average molecular weight is 228 g/mol.